The summed E-state index contributed by atoms with van der Waals surface area (Å²) in [4.78, 5) is 77.8. The summed E-state index contributed by atoms with van der Waals surface area (Å²) in [6.07, 6.45) is 7.39. The Morgan fingerprint density at radius 2 is 1.81 bits per heavy atom. The van der Waals surface area contributed by atoms with Crippen LogP contribution in [0.15, 0.2) is 42.3 Å². The monoisotopic (exact) mass is 816 g/mol. The summed E-state index contributed by atoms with van der Waals surface area (Å²) >= 11 is 1.29. The fourth-order valence-corrected chi connectivity index (χ4v) is 8.83. The lowest BCUT2D eigenvalue weighted by atomic mass is 9.85. The van der Waals surface area contributed by atoms with Gasteiger partial charge in [0.25, 0.3) is 0 Å². The van der Waals surface area contributed by atoms with Crippen LogP contribution < -0.4 is 25.4 Å². The number of aliphatic carboxylic acids is 1. The first-order valence-electron chi connectivity index (χ1n) is 20.0. The van der Waals surface area contributed by atoms with Gasteiger partial charge in [0.2, 0.25) is 17.7 Å². The number of carboxylic acids is 1. The van der Waals surface area contributed by atoms with Crippen LogP contribution in [0.1, 0.15) is 85.0 Å². The Bertz CT molecular complexity index is 2090. The van der Waals surface area contributed by atoms with E-state index < -0.39 is 58.9 Å². The normalized spacial score (nSPS) is 23.7. The highest BCUT2D eigenvalue weighted by atomic mass is 32.1. The number of carbonyl (C=O) groups excluding carboxylic acids is 4. The number of methoxy groups -OCH3 is 1. The standard InChI is InChI=1S/C42H52N6O9S/c1-6-24-20-42(24,38(52)53)47-36(50)32-18-27(21-48(32)37(51)35(41(2,3)4)46-40(54)57-25-12-9-13-25)56-33-19-30(43-29-17-26(55-5)14-15-28(29)33)31-22-58-39(44-31)45-34(49)16-23-10-7-8-11-23/h6,14-15,17,19,22-25,27,32,35H,1,7-13,16,18,20-21H2,2-5H3,(H,46,54)(H,47,50)(H,52,53)(H,44,45,49). The first-order valence-corrected chi connectivity index (χ1v) is 20.9. The van der Waals surface area contributed by atoms with E-state index in [0.29, 0.717) is 51.3 Å². The zero-order valence-corrected chi connectivity index (χ0v) is 34.2. The minimum Gasteiger partial charge on any atom is -0.497 e. The Labute approximate surface area is 341 Å². The molecule has 16 heteroatoms. The van der Waals surface area contributed by atoms with Crippen LogP contribution >= 0.6 is 11.3 Å². The lowest BCUT2D eigenvalue weighted by molar-refractivity contribution is -0.146. The Hall–Kier alpha value is -5.25. The van der Waals surface area contributed by atoms with Crippen molar-refractivity contribution >= 4 is 57.2 Å². The van der Waals surface area contributed by atoms with E-state index >= 15 is 0 Å². The number of carboxylic acid groups (broad SMARTS) is 1. The third kappa shape index (κ3) is 8.76. The van der Waals surface area contributed by atoms with Crippen molar-refractivity contribution in [1.29, 1.82) is 0 Å². The van der Waals surface area contributed by atoms with Gasteiger partial charge < -0.3 is 40.2 Å². The van der Waals surface area contributed by atoms with Crippen molar-refractivity contribution in [3.05, 3.63) is 42.3 Å². The SMILES string of the molecule is C=CC1CC1(NC(=O)C1CC(Oc2cc(-c3csc(NC(=O)CC4CCCC4)n3)nc3cc(OC)ccc23)CN1C(=O)C(NC(=O)OC1CCC1)C(C)(C)C)C(=O)O. The molecule has 0 spiro atoms. The molecular weight excluding hydrogens is 765 g/mol. The van der Waals surface area contributed by atoms with Crippen LogP contribution in [0.5, 0.6) is 11.5 Å². The lowest BCUT2D eigenvalue weighted by Gasteiger charge is -2.36. The molecule has 0 bridgehead atoms. The number of nitrogens with zero attached hydrogens (tertiary/aromatic N) is 3. The largest absolute Gasteiger partial charge is 0.497 e. The van der Waals surface area contributed by atoms with Crippen molar-refractivity contribution in [2.75, 3.05) is 19.0 Å². The van der Waals surface area contributed by atoms with Crippen molar-refractivity contribution in [1.82, 2.24) is 25.5 Å². The van der Waals surface area contributed by atoms with Gasteiger partial charge in [0.1, 0.15) is 47.0 Å². The molecule has 1 aromatic carbocycles. The zero-order valence-electron chi connectivity index (χ0n) is 33.4. The average molecular weight is 817 g/mol. The van der Waals surface area contributed by atoms with E-state index in [1.807, 2.05) is 11.4 Å². The van der Waals surface area contributed by atoms with Gasteiger partial charge in [-0.05, 0) is 62.0 Å². The number of rotatable bonds is 14. The summed E-state index contributed by atoms with van der Waals surface area (Å²) in [5.41, 5.74) is -0.790. The topological polar surface area (TPSA) is 198 Å². The Morgan fingerprint density at radius 3 is 2.45 bits per heavy atom. The van der Waals surface area contributed by atoms with Crippen molar-refractivity contribution in [2.24, 2.45) is 17.3 Å². The van der Waals surface area contributed by atoms with Crippen LogP contribution in [-0.2, 0) is 23.9 Å². The molecule has 310 valence electrons. The molecule has 1 saturated heterocycles. The quantitative estimate of drug-likeness (QED) is 0.138. The van der Waals surface area contributed by atoms with Crippen LogP contribution in [0.2, 0.25) is 0 Å². The van der Waals surface area contributed by atoms with E-state index in [9.17, 15) is 29.1 Å². The number of hydrogen-bond donors (Lipinski definition) is 4. The molecular formula is C42H52N6O9S. The van der Waals surface area contributed by atoms with E-state index in [2.05, 4.69) is 27.5 Å². The predicted octanol–water partition coefficient (Wildman–Crippen LogP) is 6.07. The number of amides is 4. The molecule has 4 amide bonds. The summed E-state index contributed by atoms with van der Waals surface area (Å²) in [7, 11) is 1.55. The van der Waals surface area contributed by atoms with Gasteiger partial charge in [-0.15, -0.1) is 17.9 Å². The summed E-state index contributed by atoms with van der Waals surface area (Å²) in [6, 6.07) is 4.88. The van der Waals surface area contributed by atoms with Gasteiger partial charge in [0.05, 0.1) is 24.9 Å². The van der Waals surface area contributed by atoms with Crippen molar-refractivity contribution in [2.45, 2.75) is 115 Å². The molecule has 3 aliphatic carbocycles. The Kier molecular flexibility index (Phi) is 11.7. The van der Waals surface area contributed by atoms with Crippen LogP contribution in [0, 0.1) is 17.3 Å². The minimum atomic E-state index is -1.53. The molecule has 7 rings (SSSR count). The molecule has 4 N–H and O–H groups in total. The number of ether oxygens (including phenoxy) is 3. The summed E-state index contributed by atoms with van der Waals surface area (Å²) < 4.78 is 17.7. The second-order valence-corrected chi connectivity index (χ2v) is 17.9. The number of benzene rings is 1. The van der Waals surface area contributed by atoms with Crippen molar-refractivity contribution in [3.8, 4) is 22.9 Å². The average Bonchev–Trinajstić information content (AvgIpc) is 3.57. The van der Waals surface area contributed by atoms with Crippen LogP contribution in [0.4, 0.5) is 9.93 Å². The highest BCUT2D eigenvalue weighted by Crippen LogP contribution is 2.45. The number of carbonyl (C=O) groups is 5. The van der Waals surface area contributed by atoms with Gasteiger partial charge in [-0.2, -0.15) is 0 Å². The third-order valence-corrected chi connectivity index (χ3v) is 12.6. The van der Waals surface area contributed by atoms with Gasteiger partial charge >= 0.3 is 12.1 Å². The van der Waals surface area contributed by atoms with E-state index in [0.717, 1.165) is 44.9 Å². The lowest BCUT2D eigenvalue weighted by Crippen LogP contribution is -2.59. The molecule has 3 heterocycles. The number of likely N-dealkylation sites (tertiary alicyclic amines) is 1. The first-order chi connectivity index (χ1) is 27.7. The number of fused-ring (bicyclic) bond motifs is 1. The number of anilines is 1. The number of nitrogens with one attached hydrogen (secondary N) is 3. The molecule has 58 heavy (non-hydrogen) atoms. The van der Waals surface area contributed by atoms with Crippen LogP contribution in [0.25, 0.3) is 22.3 Å². The number of pyridine rings is 1. The van der Waals surface area contributed by atoms with E-state index in [4.69, 9.17) is 19.2 Å². The van der Waals surface area contributed by atoms with Crippen LogP contribution in [0.3, 0.4) is 0 Å². The molecule has 4 fully saturated rings. The van der Waals surface area contributed by atoms with Gasteiger partial charge in [-0.25, -0.2) is 19.6 Å². The molecule has 15 nitrogen and oxygen atoms in total. The number of alkyl carbamates (subject to hydrolysis) is 1. The van der Waals surface area contributed by atoms with Gasteiger partial charge in [-0.1, -0.05) is 39.7 Å². The molecule has 3 saturated carbocycles. The molecule has 3 aromatic rings. The van der Waals surface area contributed by atoms with Crippen LogP contribution in [-0.4, -0.2) is 93.2 Å². The Morgan fingerprint density at radius 1 is 1.05 bits per heavy atom. The molecule has 0 radical (unpaired) electrons. The van der Waals surface area contributed by atoms with Gasteiger partial charge in [0, 0.05) is 41.7 Å². The van der Waals surface area contributed by atoms with E-state index in [1.54, 1.807) is 46.1 Å². The van der Waals surface area contributed by atoms with Gasteiger partial charge in [-0.3, -0.25) is 14.4 Å². The number of thiazole rings is 1. The number of aromatic nitrogens is 2. The van der Waals surface area contributed by atoms with Gasteiger partial charge in [0.15, 0.2) is 5.13 Å². The maximum atomic E-state index is 14.6. The summed E-state index contributed by atoms with van der Waals surface area (Å²) in [5.74, 6) is -1.53. The molecule has 1 aliphatic heterocycles. The fraction of sp³-hybridized carbons (Fsp3) is 0.548. The minimum absolute atomic E-state index is 0.0264. The van der Waals surface area contributed by atoms with Crippen molar-refractivity contribution < 1.29 is 43.3 Å². The zero-order chi connectivity index (χ0) is 41.4. The predicted molar refractivity (Wildman–Crippen MR) is 216 cm³/mol. The van der Waals surface area contributed by atoms with E-state index in [-0.39, 0.29) is 31.4 Å². The van der Waals surface area contributed by atoms with E-state index in [1.165, 1.54) is 22.3 Å². The highest BCUT2D eigenvalue weighted by molar-refractivity contribution is 7.14. The molecule has 2 aromatic heterocycles. The highest BCUT2D eigenvalue weighted by Gasteiger charge is 2.61. The second-order valence-electron chi connectivity index (χ2n) is 17.0. The first kappa shape index (κ1) is 40.9. The smallest absolute Gasteiger partial charge is 0.408 e. The Balaban J connectivity index is 1.17. The maximum absolute atomic E-state index is 14.6. The summed E-state index contributed by atoms with van der Waals surface area (Å²) in [6.45, 7) is 9.10. The number of hydrogen-bond acceptors (Lipinski definition) is 11. The molecule has 5 atom stereocenters. The maximum Gasteiger partial charge on any atom is 0.408 e. The molecule has 5 unspecified atom stereocenters. The van der Waals surface area contributed by atoms with Crippen molar-refractivity contribution in [3.63, 3.8) is 0 Å². The summed E-state index contributed by atoms with van der Waals surface area (Å²) in [5, 5.41) is 21.4. The fourth-order valence-electron chi connectivity index (χ4n) is 8.11. The molecule has 4 aliphatic rings. The third-order valence-electron chi connectivity index (χ3n) is 11.8. The second kappa shape index (κ2) is 16.5.